The number of para-hydroxylation sites is 1. The van der Waals surface area contributed by atoms with Crippen LogP contribution in [0.1, 0.15) is 40.8 Å². The summed E-state index contributed by atoms with van der Waals surface area (Å²) in [4.78, 5) is 18.9. The summed E-state index contributed by atoms with van der Waals surface area (Å²) in [5.41, 5.74) is 2.08. The van der Waals surface area contributed by atoms with Crippen molar-refractivity contribution in [2.24, 2.45) is 0 Å². The van der Waals surface area contributed by atoms with Crippen LogP contribution in [-0.4, -0.2) is 34.2 Å². The van der Waals surface area contributed by atoms with Crippen molar-refractivity contribution in [2.75, 3.05) is 18.0 Å². The summed E-state index contributed by atoms with van der Waals surface area (Å²) in [6.45, 7) is 2.17. The van der Waals surface area contributed by atoms with Gasteiger partial charge >= 0.3 is 0 Å². The largest absolute Gasteiger partial charge is 0.311 e. The Morgan fingerprint density at radius 1 is 1.29 bits per heavy atom. The molecule has 2 heterocycles. The SMILES string of the molecule is O=C(c1n[nH]c(C2CC2)n1)N1CCNCc2ccccc21. The summed E-state index contributed by atoms with van der Waals surface area (Å²) in [6, 6.07) is 7.97. The topological polar surface area (TPSA) is 73.9 Å². The molecule has 4 rings (SSSR count). The summed E-state index contributed by atoms with van der Waals surface area (Å²) >= 11 is 0. The minimum atomic E-state index is -0.130. The maximum Gasteiger partial charge on any atom is 0.297 e. The van der Waals surface area contributed by atoms with Gasteiger partial charge < -0.3 is 10.2 Å². The Bertz CT molecular complexity index is 676. The van der Waals surface area contributed by atoms with E-state index in [1.807, 2.05) is 24.3 Å². The van der Waals surface area contributed by atoms with E-state index in [9.17, 15) is 4.79 Å². The van der Waals surface area contributed by atoms with Crippen molar-refractivity contribution in [3.63, 3.8) is 0 Å². The molecule has 0 spiro atoms. The monoisotopic (exact) mass is 283 g/mol. The number of amides is 1. The van der Waals surface area contributed by atoms with Crippen molar-refractivity contribution < 1.29 is 4.79 Å². The Morgan fingerprint density at radius 3 is 3.00 bits per heavy atom. The Kier molecular flexibility index (Phi) is 2.96. The molecular formula is C15H17N5O. The van der Waals surface area contributed by atoms with Crippen LogP contribution in [0.15, 0.2) is 24.3 Å². The van der Waals surface area contributed by atoms with Crippen molar-refractivity contribution in [2.45, 2.75) is 25.3 Å². The lowest BCUT2D eigenvalue weighted by atomic mass is 10.1. The second kappa shape index (κ2) is 4.96. The van der Waals surface area contributed by atoms with Gasteiger partial charge in [0.05, 0.1) is 0 Å². The minimum Gasteiger partial charge on any atom is -0.311 e. The Balaban J connectivity index is 1.66. The molecule has 1 aliphatic heterocycles. The van der Waals surface area contributed by atoms with Crippen LogP contribution in [0.2, 0.25) is 0 Å². The number of carbonyl (C=O) groups is 1. The number of benzene rings is 1. The normalized spacial score (nSPS) is 18.2. The van der Waals surface area contributed by atoms with Gasteiger partial charge in [0.15, 0.2) is 0 Å². The van der Waals surface area contributed by atoms with E-state index in [0.29, 0.717) is 12.5 Å². The molecule has 6 nitrogen and oxygen atoms in total. The van der Waals surface area contributed by atoms with Gasteiger partial charge in [-0.1, -0.05) is 18.2 Å². The van der Waals surface area contributed by atoms with Gasteiger partial charge in [0.2, 0.25) is 5.82 Å². The van der Waals surface area contributed by atoms with Crippen LogP contribution in [0.3, 0.4) is 0 Å². The molecule has 1 fully saturated rings. The van der Waals surface area contributed by atoms with Crippen LogP contribution in [-0.2, 0) is 6.54 Å². The lowest BCUT2D eigenvalue weighted by molar-refractivity contribution is 0.0978. The highest BCUT2D eigenvalue weighted by Crippen LogP contribution is 2.37. The number of aromatic amines is 1. The highest BCUT2D eigenvalue weighted by atomic mass is 16.2. The molecule has 1 saturated carbocycles. The highest BCUT2D eigenvalue weighted by Gasteiger charge is 2.30. The summed E-state index contributed by atoms with van der Waals surface area (Å²) in [5.74, 6) is 1.46. The maximum absolute atomic E-state index is 12.7. The average molecular weight is 283 g/mol. The second-order valence-corrected chi connectivity index (χ2v) is 5.58. The minimum absolute atomic E-state index is 0.130. The van der Waals surface area contributed by atoms with Crippen molar-refractivity contribution >= 4 is 11.6 Å². The molecule has 0 bridgehead atoms. The molecule has 1 aromatic carbocycles. The van der Waals surface area contributed by atoms with Gasteiger partial charge in [-0.05, 0) is 24.5 Å². The summed E-state index contributed by atoms with van der Waals surface area (Å²) in [5, 5.41) is 10.3. The fourth-order valence-corrected chi connectivity index (χ4v) is 2.70. The van der Waals surface area contributed by atoms with Gasteiger partial charge in [0.25, 0.3) is 5.91 Å². The molecule has 1 aliphatic carbocycles. The van der Waals surface area contributed by atoms with Crippen LogP contribution < -0.4 is 10.2 Å². The van der Waals surface area contributed by atoms with E-state index in [4.69, 9.17) is 0 Å². The molecule has 2 N–H and O–H groups in total. The van der Waals surface area contributed by atoms with Gasteiger partial charge in [-0.2, -0.15) is 0 Å². The molecule has 0 unspecified atom stereocenters. The van der Waals surface area contributed by atoms with E-state index in [2.05, 4.69) is 20.5 Å². The number of hydrogen-bond acceptors (Lipinski definition) is 4. The van der Waals surface area contributed by atoms with Crippen molar-refractivity contribution in [3.05, 3.63) is 41.5 Å². The highest BCUT2D eigenvalue weighted by molar-refractivity contribution is 6.04. The zero-order valence-corrected chi connectivity index (χ0v) is 11.7. The molecule has 2 aliphatic rings. The number of anilines is 1. The number of rotatable bonds is 2. The third-order valence-electron chi connectivity index (χ3n) is 4.01. The number of H-pyrrole nitrogens is 1. The van der Waals surface area contributed by atoms with Gasteiger partial charge in [-0.15, -0.1) is 5.10 Å². The van der Waals surface area contributed by atoms with Crippen LogP contribution in [0.5, 0.6) is 0 Å². The summed E-state index contributed by atoms with van der Waals surface area (Å²) in [6.07, 6.45) is 2.28. The molecule has 21 heavy (non-hydrogen) atoms. The zero-order chi connectivity index (χ0) is 14.2. The molecule has 6 heteroatoms. The van der Waals surface area contributed by atoms with E-state index in [1.165, 1.54) is 0 Å². The van der Waals surface area contributed by atoms with E-state index in [0.717, 1.165) is 43.0 Å². The van der Waals surface area contributed by atoms with E-state index in [-0.39, 0.29) is 11.7 Å². The molecule has 108 valence electrons. The predicted octanol–water partition coefficient (Wildman–Crippen LogP) is 1.43. The molecule has 0 saturated heterocycles. The van der Waals surface area contributed by atoms with E-state index < -0.39 is 0 Å². The van der Waals surface area contributed by atoms with Crippen LogP contribution >= 0.6 is 0 Å². The van der Waals surface area contributed by atoms with Crippen LogP contribution in [0.4, 0.5) is 5.69 Å². The van der Waals surface area contributed by atoms with Gasteiger partial charge in [0.1, 0.15) is 5.82 Å². The standard InChI is InChI=1S/C15H17N5O/c21-15(14-17-13(18-19-14)10-5-6-10)20-8-7-16-9-11-3-1-2-4-12(11)20/h1-4,10,16H,5-9H2,(H,17,18,19). The van der Waals surface area contributed by atoms with Gasteiger partial charge in [0, 0.05) is 31.2 Å². The first kappa shape index (κ1) is 12.5. The predicted molar refractivity (Wildman–Crippen MR) is 78.2 cm³/mol. The number of fused-ring (bicyclic) bond motifs is 1. The van der Waals surface area contributed by atoms with E-state index >= 15 is 0 Å². The molecule has 0 atom stereocenters. The first-order chi connectivity index (χ1) is 10.3. The average Bonchev–Trinajstić information content (AvgIpc) is 3.28. The van der Waals surface area contributed by atoms with Crippen molar-refractivity contribution in [1.29, 1.82) is 0 Å². The first-order valence-corrected chi connectivity index (χ1v) is 7.36. The number of aromatic nitrogens is 3. The smallest absolute Gasteiger partial charge is 0.297 e. The molecule has 1 aromatic heterocycles. The van der Waals surface area contributed by atoms with Crippen molar-refractivity contribution in [3.8, 4) is 0 Å². The van der Waals surface area contributed by atoms with Gasteiger partial charge in [-0.25, -0.2) is 4.98 Å². The first-order valence-electron chi connectivity index (χ1n) is 7.36. The quantitative estimate of drug-likeness (QED) is 0.874. The molecular weight excluding hydrogens is 266 g/mol. The Morgan fingerprint density at radius 2 is 2.14 bits per heavy atom. The molecule has 1 amide bonds. The summed E-state index contributed by atoms with van der Waals surface area (Å²) in [7, 11) is 0. The lowest BCUT2D eigenvalue weighted by Gasteiger charge is -2.20. The number of nitrogens with zero attached hydrogens (tertiary/aromatic N) is 3. The van der Waals surface area contributed by atoms with E-state index in [1.54, 1.807) is 4.90 Å². The third kappa shape index (κ3) is 2.31. The Hall–Kier alpha value is -2.21. The fourth-order valence-electron chi connectivity index (χ4n) is 2.70. The van der Waals surface area contributed by atoms with Crippen molar-refractivity contribution in [1.82, 2.24) is 20.5 Å². The Labute approximate surface area is 122 Å². The molecule has 2 aromatic rings. The summed E-state index contributed by atoms with van der Waals surface area (Å²) < 4.78 is 0. The van der Waals surface area contributed by atoms with Gasteiger partial charge in [-0.3, -0.25) is 9.89 Å². The van der Waals surface area contributed by atoms with Crippen LogP contribution in [0, 0.1) is 0 Å². The maximum atomic E-state index is 12.7. The van der Waals surface area contributed by atoms with Crippen LogP contribution in [0.25, 0.3) is 0 Å². The fraction of sp³-hybridized carbons (Fsp3) is 0.400. The third-order valence-corrected chi connectivity index (χ3v) is 4.01. The number of nitrogens with one attached hydrogen (secondary N) is 2. The lowest BCUT2D eigenvalue weighted by Crippen LogP contribution is -2.35. The second-order valence-electron chi connectivity index (χ2n) is 5.58. The zero-order valence-electron chi connectivity index (χ0n) is 11.7. The molecule has 0 radical (unpaired) electrons. The number of carbonyl (C=O) groups excluding carboxylic acids is 1. The number of hydrogen-bond donors (Lipinski definition) is 2.